The Bertz CT molecular complexity index is 692. The first-order valence-corrected chi connectivity index (χ1v) is 9.05. The fourth-order valence-corrected chi connectivity index (χ4v) is 3.10. The molecule has 1 saturated heterocycles. The number of nitrogens with zero attached hydrogens (tertiary/aromatic N) is 4. The van der Waals surface area contributed by atoms with E-state index in [1.54, 1.807) is 10.9 Å². The number of rotatable bonds is 7. The third-order valence-electron chi connectivity index (χ3n) is 4.50. The second-order valence-corrected chi connectivity index (χ2v) is 6.58. The lowest BCUT2D eigenvalue weighted by Gasteiger charge is -2.23. The maximum atomic E-state index is 12.2. The average Bonchev–Trinajstić information content (AvgIpc) is 3.10. The maximum absolute atomic E-state index is 12.2. The van der Waals surface area contributed by atoms with Crippen LogP contribution < -0.4 is 10.6 Å². The van der Waals surface area contributed by atoms with Crippen molar-refractivity contribution in [1.29, 1.82) is 0 Å². The molecule has 1 fully saturated rings. The van der Waals surface area contributed by atoms with Crippen molar-refractivity contribution in [2.45, 2.75) is 51.6 Å². The molecule has 1 aliphatic rings. The number of carbonyl (C=O) groups excluding carboxylic acids is 1. The van der Waals surface area contributed by atoms with Gasteiger partial charge in [-0.15, -0.1) is 5.10 Å². The van der Waals surface area contributed by atoms with Gasteiger partial charge < -0.3 is 10.6 Å². The highest BCUT2D eigenvalue weighted by atomic mass is 16.2. The standard InChI is InChI=1S/C18H26N6O/c1-14-5-4-7-16(21-14)8-11-20-18(25)17-13-24(23-22-17)12-9-15-6-2-3-10-19-15/h4-5,7,13,15,19H,2-3,6,8-12H2,1H3,(H,20,25)/t15-/m1/s1. The van der Waals surface area contributed by atoms with Crippen molar-refractivity contribution in [3.05, 3.63) is 41.5 Å². The smallest absolute Gasteiger partial charge is 0.273 e. The Balaban J connectivity index is 1.42. The van der Waals surface area contributed by atoms with E-state index in [1.165, 1.54) is 19.3 Å². The second-order valence-electron chi connectivity index (χ2n) is 6.58. The van der Waals surface area contributed by atoms with Gasteiger partial charge in [-0.05, 0) is 44.9 Å². The summed E-state index contributed by atoms with van der Waals surface area (Å²) in [5.41, 5.74) is 2.33. The lowest BCUT2D eigenvalue weighted by molar-refractivity contribution is 0.0949. The molecule has 3 rings (SSSR count). The Morgan fingerprint density at radius 1 is 1.40 bits per heavy atom. The first-order chi connectivity index (χ1) is 12.2. The van der Waals surface area contributed by atoms with Gasteiger partial charge in [-0.3, -0.25) is 14.5 Å². The molecule has 0 unspecified atom stereocenters. The number of aromatic nitrogens is 4. The Hall–Kier alpha value is -2.28. The number of amides is 1. The van der Waals surface area contributed by atoms with Crippen LogP contribution >= 0.6 is 0 Å². The minimum absolute atomic E-state index is 0.185. The number of aryl methyl sites for hydroxylation is 2. The zero-order chi connectivity index (χ0) is 17.5. The van der Waals surface area contributed by atoms with E-state index in [4.69, 9.17) is 0 Å². The third kappa shape index (κ3) is 5.35. The molecule has 25 heavy (non-hydrogen) atoms. The Kier molecular flexibility index (Phi) is 6.11. The number of piperidine rings is 1. The molecule has 134 valence electrons. The van der Waals surface area contributed by atoms with Crippen LogP contribution in [0.2, 0.25) is 0 Å². The van der Waals surface area contributed by atoms with Crippen molar-refractivity contribution in [2.24, 2.45) is 0 Å². The van der Waals surface area contributed by atoms with E-state index in [1.807, 2.05) is 25.1 Å². The second kappa shape index (κ2) is 8.71. The molecule has 7 heteroatoms. The third-order valence-corrected chi connectivity index (χ3v) is 4.50. The molecule has 3 heterocycles. The molecule has 2 aromatic heterocycles. The van der Waals surface area contributed by atoms with Gasteiger partial charge >= 0.3 is 0 Å². The van der Waals surface area contributed by atoms with Crippen LogP contribution in [-0.4, -0.2) is 45.0 Å². The predicted molar refractivity (Wildman–Crippen MR) is 95.3 cm³/mol. The number of hydrogen-bond acceptors (Lipinski definition) is 5. The largest absolute Gasteiger partial charge is 0.350 e. The first kappa shape index (κ1) is 17.5. The lowest BCUT2D eigenvalue weighted by Crippen LogP contribution is -2.34. The normalized spacial score (nSPS) is 17.4. The van der Waals surface area contributed by atoms with Crippen LogP contribution in [0.25, 0.3) is 0 Å². The van der Waals surface area contributed by atoms with Crippen molar-refractivity contribution in [1.82, 2.24) is 30.6 Å². The van der Waals surface area contributed by atoms with Crippen LogP contribution in [0.15, 0.2) is 24.4 Å². The predicted octanol–water partition coefficient (Wildman–Crippen LogP) is 1.49. The van der Waals surface area contributed by atoms with E-state index < -0.39 is 0 Å². The summed E-state index contributed by atoms with van der Waals surface area (Å²) in [5, 5.41) is 14.4. The number of carbonyl (C=O) groups is 1. The van der Waals surface area contributed by atoms with Gasteiger partial charge in [-0.25, -0.2) is 0 Å². The number of nitrogens with one attached hydrogen (secondary N) is 2. The number of hydrogen-bond donors (Lipinski definition) is 2. The summed E-state index contributed by atoms with van der Waals surface area (Å²) in [6, 6.07) is 6.46. The summed E-state index contributed by atoms with van der Waals surface area (Å²) < 4.78 is 1.76. The molecular formula is C18H26N6O. The van der Waals surface area contributed by atoms with Crippen LogP contribution in [-0.2, 0) is 13.0 Å². The average molecular weight is 342 g/mol. The molecule has 0 bridgehead atoms. The minimum atomic E-state index is -0.185. The van der Waals surface area contributed by atoms with Gasteiger partial charge in [0, 0.05) is 36.9 Å². The summed E-state index contributed by atoms with van der Waals surface area (Å²) in [4.78, 5) is 16.6. The maximum Gasteiger partial charge on any atom is 0.273 e. The fraction of sp³-hybridized carbons (Fsp3) is 0.556. The van der Waals surface area contributed by atoms with Crippen molar-refractivity contribution < 1.29 is 4.79 Å². The van der Waals surface area contributed by atoms with Crippen LogP contribution in [0, 0.1) is 6.92 Å². The molecule has 2 N–H and O–H groups in total. The molecule has 1 amide bonds. The van der Waals surface area contributed by atoms with Gasteiger partial charge in [-0.2, -0.15) is 0 Å². The Morgan fingerprint density at radius 2 is 2.32 bits per heavy atom. The zero-order valence-electron chi connectivity index (χ0n) is 14.7. The van der Waals surface area contributed by atoms with E-state index >= 15 is 0 Å². The molecular weight excluding hydrogens is 316 g/mol. The molecule has 2 aromatic rings. The van der Waals surface area contributed by atoms with Gasteiger partial charge in [0.1, 0.15) is 0 Å². The van der Waals surface area contributed by atoms with Crippen molar-refractivity contribution >= 4 is 5.91 Å². The molecule has 7 nitrogen and oxygen atoms in total. The molecule has 0 radical (unpaired) electrons. The van der Waals surface area contributed by atoms with Gasteiger partial charge in [0.2, 0.25) is 0 Å². The van der Waals surface area contributed by atoms with Crippen LogP contribution in [0.1, 0.15) is 47.6 Å². The highest BCUT2D eigenvalue weighted by Crippen LogP contribution is 2.10. The fourth-order valence-electron chi connectivity index (χ4n) is 3.10. The summed E-state index contributed by atoms with van der Waals surface area (Å²) >= 11 is 0. The summed E-state index contributed by atoms with van der Waals surface area (Å²) in [6.45, 7) is 4.38. The van der Waals surface area contributed by atoms with Crippen molar-refractivity contribution in [3.63, 3.8) is 0 Å². The van der Waals surface area contributed by atoms with Gasteiger partial charge in [0.05, 0.1) is 6.20 Å². The molecule has 0 saturated carbocycles. The van der Waals surface area contributed by atoms with E-state index in [2.05, 4.69) is 25.9 Å². The highest BCUT2D eigenvalue weighted by molar-refractivity contribution is 5.91. The quantitative estimate of drug-likeness (QED) is 0.796. The first-order valence-electron chi connectivity index (χ1n) is 9.05. The van der Waals surface area contributed by atoms with Crippen LogP contribution in [0.5, 0.6) is 0 Å². The monoisotopic (exact) mass is 342 g/mol. The van der Waals surface area contributed by atoms with Gasteiger partial charge in [0.15, 0.2) is 5.69 Å². The Morgan fingerprint density at radius 3 is 3.12 bits per heavy atom. The Labute approximate surface area is 148 Å². The summed E-state index contributed by atoms with van der Waals surface area (Å²) in [6.07, 6.45) is 7.22. The SMILES string of the molecule is Cc1cccc(CCNC(=O)c2cn(CC[C@H]3CCCCN3)nn2)n1. The van der Waals surface area contributed by atoms with Crippen molar-refractivity contribution in [3.8, 4) is 0 Å². The topological polar surface area (TPSA) is 84.7 Å². The van der Waals surface area contributed by atoms with Gasteiger partial charge in [-0.1, -0.05) is 17.7 Å². The molecule has 1 aliphatic heterocycles. The molecule has 1 atom stereocenters. The van der Waals surface area contributed by atoms with Crippen LogP contribution in [0.4, 0.5) is 0 Å². The zero-order valence-corrected chi connectivity index (χ0v) is 14.7. The van der Waals surface area contributed by atoms with Crippen molar-refractivity contribution in [2.75, 3.05) is 13.1 Å². The van der Waals surface area contributed by atoms with E-state index in [0.29, 0.717) is 24.7 Å². The van der Waals surface area contributed by atoms with Crippen LogP contribution in [0.3, 0.4) is 0 Å². The lowest BCUT2D eigenvalue weighted by atomic mass is 10.0. The van der Waals surface area contributed by atoms with E-state index in [-0.39, 0.29) is 5.91 Å². The summed E-state index contributed by atoms with van der Waals surface area (Å²) in [5.74, 6) is -0.185. The number of pyridine rings is 1. The van der Waals surface area contributed by atoms with E-state index in [0.717, 1.165) is 30.9 Å². The molecule has 0 spiro atoms. The summed E-state index contributed by atoms with van der Waals surface area (Å²) in [7, 11) is 0. The minimum Gasteiger partial charge on any atom is -0.350 e. The highest BCUT2D eigenvalue weighted by Gasteiger charge is 2.14. The van der Waals surface area contributed by atoms with Gasteiger partial charge in [0.25, 0.3) is 5.91 Å². The molecule has 0 aromatic carbocycles. The molecule has 0 aliphatic carbocycles. The van der Waals surface area contributed by atoms with E-state index in [9.17, 15) is 4.79 Å².